The maximum Gasteiger partial charge on any atom is 0.161 e. The average Bonchev–Trinajstić information content (AvgIpc) is 3.43. The van der Waals surface area contributed by atoms with E-state index in [0.29, 0.717) is 12.0 Å². The van der Waals surface area contributed by atoms with Crippen molar-refractivity contribution in [1.82, 2.24) is 4.90 Å². The lowest BCUT2D eigenvalue weighted by molar-refractivity contribution is 0.0157. The van der Waals surface area contributed by atoms with Gasteiger partial charge in [0.15, 0.2) is 11.5 Å². The summed E-state index contributed by atoms with van der Waals surface area (Å²) < 4.78 is 12.0. The van der Waals surface area contributed by atoms with E-state index in [2.05, 4.69) is 60.4 Å². The van der Waals surface area contributed by atoms with E-state index in [1.807, 2.05) is 0 Å². The Labute approximate surface area is 192 Å². The largest absolute Gasteiger partial charge is 0.493 e. The monoisotopic (exact) mass is 435 g/mol. The molecule has 1 aliphatic heterocycles. The molecule has 2 aliphatic carbocycles. The highest BCUT2D eigenvalue weighted by atomic mass is 16.5. The Bertz CT molecular complexity index is 906. The summed E-state index contributed by atoms with van der Waals surface area (Å²) in [5.41, 5.74) is 2.42. The Hall–Kier alpha value is -2.04. The summed E-state index contributed by atoms with van der Waals surface area (Å²) in [6.45, 7) is 5.08. The molecular formula is C28H37NO3. The van der Waals surface area contributed by atoms with Gasteiger partial charge in [-0.25, -0.2) is 0 Å². The zero-order chi connectivity index (χ0) is 22.1. The van der Waals surface area contributed by atoms with Gasteiger partial charge in [0.25, 0.3) is 0 Å². The number of methoxy groups -OCH3 is 1. The summed E-state index contributed by atoms with van der Waals surface area (Å²) in [7, 11) is 1.72. The number of benzene rings is 2. The Morgan fingerprint density at radius 1 is 1.03 bits per heavy atom. The highest BCUT2D eigenvalue weighted by Gasteiger charge is 2.52. The summed E-state index contributed by atoms with van der Waals surface area (Å²) in [6.07, 6.45) is 7.07. The summed E-state index contributed by atoms with van der Waals surface area (Å²) in [4.78, 5) is 2.52. The van der Waals surface area contributed by atoms with Crippen LogP contribution in [0.5, 0.6) is 11.5 Å². The van der Waals surface area contributed by atoms with Crippen LogP contribution in [-0.4, -0.2) is 42.4 Å². The Morgan fingerprint density at radius 2 is 1.78 bits per heavy atom. The number of rotatable bonds is 8. The van der Waals surface area contributed by atoms with Crippen molar-refractivity contribution in [3.63, 3.8) is 0 Å². The molecule has 3 atom stereocenters. The highest BCUT2D eigenvalue weighted by molar-refractivity contribution is 5.45. The zero-order valence-corrected chi connectivity index (χ0v) is 19.5. The summed E-state index contributed by atoms with van der Waals surface area (Å²) in [5, 5.41) is 11.4. The van der Waals surface area contributed by atoms with Gasteiger partial charge in [-0.1, -0.05) is 43.3 Å². The molecule has 2 aromatic rings. The van der Waals surface area contributed by atoms with E-state index in [-0.39, 0.29) is 17.4 Å². The molecule has 1 N–H and O–H groups in total. The minimum atomic E-state index is -0.269. The molecule has 0 bridgehead atoms. The first-order valence-electron chi connectivity index (χ1n) is 12.4. The first-order valence-corrected chi connectivity index (χ1v) is 12.4. The van der Waals surface area contributed by atoms with Crippen LogP contribution in [0.4, 0.5) is 0 Å². The first-order chi connectivity index (χ1) is 15.6. The third kappa shape index (κ3) is 4.40. The molecule has 2 aromatic carbocycles. The quantitative estimate of drug-likeness (QED) is 0.603. The predicted octanol–water partition coefficient (Wildman–Crippen LogP) is 5.39. The van der Waals surface area contributed by atoms with E-state index in [0.717, 1.165) is 56.8 Å². The van der Waals surface area contributed by atoms with Gasteiger partial charge in [-0.2, -0.15) is 0 Å². The second-order valence-corrected chi connectivity index (χ2v) is 10.4. The molecule has 3 aliphatic rings. The van der Waals surface area contributed by atoms with Crippen molar-refractivity contribution < 1.29 is 14.6 Å². The normalized spacial score (nSPS) is 27.5. The van der Waals surface area contributed by atoms with Crippen molar-refractivity contribution in [2.24, 2.45) is 11.3 Å². The van der Waals surface area contributed by atoms with E-state index in [4.69, 9.17) is 9.47 Å². The second kappa shape index (κ2) is 9.07. The minimum Gasteiger partial charge on any atom is -0.493 e. The van der Waals surface area contributed by atoms with Crippen LogP contribution < -0.4 is 9.47 Å². The summed E-state index contributed by atoms with van der Waals surface area (Å²) >= 11 is 0. The maximum atomic E-state index is 11.4. The number of nitrogens with zero attached hydrogens (tertiary/aromatic N) is 1. The van der Waals surface area contributed by atoms with Gasteiger partial charge < -0.3 is 14.6 Å². The summed E-state index contributed by atoms with van der Waals surface area (Å²) in [6, 6.07) is 17.1. The van der Waals surface area contributed by atoms with E-state index in [9.17, 15) is 5.11 Å². The van der Waals surface area contributed by atoms with E-state index in [1.54, 1.807) is 7.11 Å². The Kier molecular flexibility index (Phi) is 6.18. The standard InChI is InChI=1S/C28H37NO3/c1-28(27(30)21-12-13-21)19-29(17-20-8-4-3-5-9-20)18-24(28)22-14-15-25(31-2)26(16-22)32-23-10-6-7-11-23/h3-5,8-9,14-16,21,23-24,27,30H,6-7,10-13,17-19H2,1-2H3/t24-,27+,28+/m0/s1. The van der Waals surface area contributed by atoms with Crippen LogP contribution in [0, 0.1) is 11.3 Å². The van der Waals surface area contributed by atoms with Crippen LogP contribution in [0.25, 0.3) is 0 Å². The van der Waals surface area contributed by atoms with E-state index in [1.165, 1.54) is 24.0 Å². The number of aliphatic hydroxyl groups excluding tert-OH is 1. The van der Waals surface area contributed by atoms with Crippen molar-refractivity contribution in [3.05, 3.63) is 59.7 Å². The number of likely N-dealkylation sites (tertiary alicyclic amines) is 1. The molecule has 0 radical (unpaired) electrons. The number of aliphatic hydroxyl groups is 1. The Balaban J connectivity index is 1.43. The lowest BCUT2D eigenvalue weighted by atomic mass is 9.70. The van der Waals surface area contributed by atoms with Gasteiger partial charge in [-0.15, -0.1) is 0 Å². The van der Waals surface area contributed by atoms with Crippen LogP contribution in [-0.2, 0) is 6.54 Å². The molecule has 0 aromatic heterocycles. The fourth-order valence-electron chi connectivity index (χ4n) is 6.01. The van der Waals surface area contributed by atoms with Gasteiger partial charge in [0, 0.05) is 31.0 Å². The van der Waals surface area contributed by atoms with Crippen molar-refractivity contribution in [3.8, 4) is 11.5 Å². The molecule has 172 valence electrons. The topological polar surface area (TPSA) is 41.9 Å². The molecule has 1 heterocycles. The van der Waals surface area contributed by atoms with Gasteiger partial charge in [0.1, 0.15) is 0 Å². The molecule has 5 rings (SSSR count). The molecule has 2 saturated carbocycles. The van der Waals surface area contributed by atoms with Crippen LogP contribution in [0.3, 0.4) is 0 Å². The van der Waals surface area contributed by atoms with Crippen LogP contribution in [0.1, 0.15) is 62.5 Å². The zero-order valence-electron chi connectivity index (χ0n) is 19.5. The fraction of sp³-hybridized carbons (Fsp3) is 0.571. The third-order valence-corrected chi connectivity index (χ3v) is 7.98. The second-order valence-electron chi connectivity index (χ2n) is 10.4. The SMILES string of the molecule is COc1ccc([C@@H]2CN(Cc3ccccc3)C[C@@]2(C)[C@H](O)C2CC2)cc1OC1CCCC1. The molecule has 0 spiro atoms. The number of hydrogen-bond donors (Lipinski definition) is 1. The van der Waals surface area contributed by atoms with Crippen molar-refractivity contribution >= 4 is 0 Å². The molecular weight excluding hydrogens is 398 g/mol. The Morgan fingerprint density at radius 3 is 2.47 bits per heavy atom. The molecule has 32 heavy (non-hydrogen) atoms. The number of hydrogen-bond acceptors (Lipinski definition) is 4. The van der Waals surface area contributed by atoms with E-state index >= 15 is 0 Å². The summed E-state index contributed by atoms with van der Waals surface area (Å²) in [5.74, 6) is 2.39. The molecule has 4 heteroatoms. The molecule has 0 amide bonds. The van der Waals surface area contributed by atoms with Gasteiger partial charge in [0.05, 0.1) is 19.3 Å². The minimum absolute atomic E-state index is 0.171. The van der Waals surface area contributed by atoms with Gasteiger partial charge in [-0.05, 0) is 67.7 Å². The van der Waals surface area contributed by atoms with Crippen molar-refractivity contribution in [1.29, 1.82) is 0 Å². The van der Waals surface area contributed by atoms with Gasteiger partial charge in [-0.3, -0.25) is 4.90 Å². The van der Waals surface area contributed by atoms with Gasteiger partial charge in [0.2, 0.25) is 0 Å². The first kappa shape index (κ1) is 21.8. The van der Waals surface area contributed by atoms with E-state index < -0.39 is 0 Å². The van der Waals surface area contributed by atoms with Gasteiger partial charge >= 0.3 is 0 Å². The van der Waals surface area contributed by atoms with Crippen molar-refractivity contribution in [2.75, 3.05) is 20.2 Å². The molecule has 3 fully saturated rings. The fourth-order valence-corrected chi connectivity index (χ4v) is 6.01. The van der Waals surface area contributed by atoms with Crippen LogP contribution in [0.15, 0.2) is 48.5 Å². The van der Waals surface area contributed by atoms with Crippen LogP contribution in [0.2, 0.25) is 0 Å². The highest BCUT2D eigenvalue weighted by Crippen LogP contribution is 2.52. The smallest absolute Gasteiger partial charge is 0.161 e. The molecule has 4 nitrogen and oxygen atoms in total. The average molecular weight is 436 g/mol. The predicted molar refractivity (Wildman–Crippen MR) is 127 cm³/mol. The third-order valence-electron chi connectivity index (χ3n) is 7.98. The molecule has 1 saturated heterocycles. The molecule has 0 unspecified atom stereocenters. The van der Waals surface area contributed by atoms with Crippen LogP contribution >= 0.6 is 0 Å². The number of ether oxygens (including phenoxy) is 2. The lowest BCUT2D eigenvalue weighted by Crippen LogP contribution is -2.40. The van der Waals surface area contributed by atoms with Crippen molar-refractivity contribution in [2.45, 2.75) is 70.1 Å². The maximum absolute atomic E-state index is 11.4. The lowest BCUT2D eigenvalue weighted by Gasteiger charge is -2.36.